The monoisotopic (exact) mass is 322 g/mol. The Bertz CT molecular complexity index is 720. The lowest BCUT2D eigenvalue weighted by Gasteiger charge is -2.16. The number of hydrogen-bond donors (Lipinski definition) is 4. The molecule has 1 aliphatic rings. The largest absolute Gasteiger partial charge is 0.388 e. The number of imidazole rings is 1. The Kier molecular flexibility index (Phi) is 4.11. The average molecular weight is 322 g/mol. The summed E-state index contributed by atoms with van der Waals surface area (Å²) < 4.78 is 7.24. The zero-order valence-corrected chi connectivity index (χ0v) is 12.2. The molecular formula is C13H18N6O4. The topological polar surface area (TPSA) is 162 Å². The van der Waals surface area contributed by atoms with Crippen LogP contribution >= 0.6 is 0 Å². The number of nitrogens with zero attached hydrogens (tertiary/aromatic N) is 4. The first-order valence-electron chi connectivity index (χ1n) is 7.22. The summed E-state index contributed by atoms with van der Waals surface area (Å²) in [4.78, 5) is 22.8. The number of carbonyl (C=O) groups is 1. The number of primary amides is 1. The van der Waals surface area contributed by atoms with Gasteiger partial charge in [-0.15, -0.1) is 0 Å². The fraction of sp³-hybridized carbons (Fsp3) is 0.538. The number of rotatable bonds is 5. The van der Waals surface area contributed by atoms with Crippen molar-refractivity contribution in [3.63, 3.8) is 0 Å². The number of amides is 1. The number of aliphatic hydroxyl groups is 2. The van der Waals surface area contributed by atoms with Crippen LogP contribution in [0, 0.1) is 0 Å². The van der Waals surface area contributed by atoms with E-state index in [1.54, 1.807) is 0 Å². The molecule has 0 radical (unpaired) electrons. The van der Waals surface area contributed by atoms with Crippen LogP contribution in [-0.2, 0) is 9.53 Å². The van der Waals surface area contributed by atoms with Gasteiger partial charge in [-0.05, 0) is 12.8 Å². The Morgan fingerprint density at radius 3 is 2.83 bits per heavy atom. The quantitative estimate of drug-likeness (QED) is 0.527. The van der Waals surface area contributed by atoms with Gasteiger partial charge in [0.05, 0.1) is 12.4 Å². The maximum atomic E-state index is 10.8. The van der Waals surface area contributed by atoms with Crippen molar-refractivity contribution in [2.24, 2.45) is 5.73 Å². The fourth-order valence-corrected chi connectivity index (χ4v) is 2.73. The van der Waals surface area contributed by atoms with Crippen LogP contribution in [0.25, 0.3) is 11.2 Å². The van der Waals surface area contributed by atoms with E-state index in [0.29, 0.717) is 24.0 Å². The van der Waals surface area contributed by atoms with Crippen molar-refractivity contribution in [3.05, 3.63) is 12.7 Å². The second-order valence-corrected chi connectivity index (χ2v) is 5.49. The summed E-state index contributed by atoms with van der Waals surface area (Å²) in [6.07, 6.45) is 0.114. The molecule has 10 nitrogen and oxygen atoms in total. The van der Waals surface area contributed by atoms with Gasteiger partial charge in [-0.3, -0.25) is 9.36 Å². The summed E-state index contributed by atoms with van der Waals surface area (Å²) in [5, 5.41) is 20.4. The molecule has 0 spiro atoms. The summed E-state index contributed by atoms with van der Waals surface area (Å²) in [6, 6.07) is 0. The Balaban J connectivity index is 1.80. The number of aliphatic hydroxyl groups excluding tert-OH is 2. The van der Waals surface area contributed by atoms with Gasteiger partial charge in [0.1, 0.15) is 24.1 Å². The third kappa shape index (κ3) is 2.83. The van der Waals surface area contributed by atoms with E-state index in [9.17, 15) is 15.0 Å². The van der Waals surface area contributed by atoms with Gasteiger partial charge >= 0.3 is 0 Å². The SMILES string of the molecule is NC(=O)CCCC1OC(n2cnc3c(N)ncnc32)C(O)C1O. The van der Waals surface area contributed by atoms with Crippen molar-refractivity contribution in [2.45, 2.75) is 43.8 Å². The van der Waals surface area contributed by atoms with Crippen LogP contribution in [0.3, 0.4) is 0 Å². The molecule has 3 rings (SSSR count). The smallest absolute Gasteiger partial charge is 0.217 e. The summed E-state index contributed by atoms with van der Waals surface area (Å²) in [6.45, 7) is 0. The van der Waals surface area contributed by atoms with Crippen molar-refractivity contribution >= 4 is 22.9 Å². The number of aromatic nitrogens is 4. The number of nitrogen functional groups attached to an aromatic ring is 1. The molecule has 6 N–H and O–H groups in total. The summed E-state index contributed by atoms with van der Waals surface area (Å²) >= 11 is 0. The number of ether oxygens (including phenoxy) is 1. The first-order valence-corrected chi connectivity index (χ1v) is 7.22. The molecule has 124 valence electrons. The highest BCUT2D eigenvalue weighted by Gasteiger charge is 2.43. The molecule has 1 aliphatic heterocycles. The van der Waals surface area contributed by atoms with Crippen molar-refractivity contribution < 1.29 is 19.7 Å². The summed E-state index contributed by atoms with van der Waals surface area (Å²) in [5.41, 5.74) is 11.6. The number of hydrogen-bond acceptors (Lipinski definition) is 8. The first-order chi connectivity index (χ1) is 11.0. The Morgan fingerprint density at radius 1 is 1.30 bits per heavy atom. The van der Waals surface area contributed by atoms with Crippen LogP contribution in [0.15, 0.2) is 12.7 Å². The van der Waals surface area contributed by atoms with E-state index in [-0.39, 0.29) is 12.2 Å². The van der Waals surface area contributed by atoms with E-state index in [4.69, 9.17) is 16.2 Å². The van der Waals surface area contributed by atoms with Crippen LogP contribution in [0.5, 0.6) is 0 Å². The predicted octanol–water partition coefficient (Wildman–Crippen LogP) is -1.32. The maximum Gasteiger partial charge on any atom is 0.217 e. The van der Waals surface area contributed by atoms with Gasteiger partial charge in [0, 0.05) is 6.42 Å². The second kappa shape index (κ2) is 6.07. The van der Waals surface area contributed by atoms with Crippen molar-refractivity contribution in [1.29, 1.82) is 0 Å². The molecule has 2 aromatic rings. The highest BCUT2D eigenvalue weighted by molar-refractivity contribution is 5.81. The van der Waals surface area contributed by atoms with Gasteiger partial charge in [0.2, 0.25) is 5.91 Å². The molecule has 1 fully saturated rings. The van der Waals surface area contributed by atoms with Gasteiger partial charge in [0.25, 0.3) is 0 Å². The van der Waals surface area contributed by atoms with E-state index in [1.807, 2.05) is 0 Å². The molecule has 23 heavy (non-hydrogen) atoms. The summed E-state index contributed by atoms with van der Waals surface area (Å²) in [5.74, 6) is -0.192. The Morgan fingerprint density at radius 2 is 2.09 bits per heavy atom. The number of nitrogens with two attached hydrogens (primary N) is 2. The lowest BCUT2D eigenvalue weighted by atomic mass is 10.0. The van der Waals surface area contributed by atoms with E-state index in [2.05, 4.69) is 15.0 Å². The lowest BCUT2D eigenvalue weighted by molar-refractivity contribution is -0.118. The molecule has 0 saturated carbocycles. The number of carbonyl (C=O) groups excluding carboxylic acids is 1. The minimum absolute atomic E-state index is 0.200. The molecule has 0 aliphatic carbocycles. The molecule has 0 aromatic carbocycles. The van der Waals surface area contributed by atoms with E-state index in [0.717, 1.165) is 0 Å². The van der Waals surface area contributed by atoms with E-state index >= 15 is 0 Å². The molecule has 1 amide bonds. The fourth-order valence-electron chi connectivity index (χ4n) is 2.73. The highest BCUT2D eigenvalue weighted by Crippen LogP contribution is 2.33. The highest BCUT2D eigenvalue weighted by atomic mass is 16.6. The minimum atomic E-state index is -1.15. The van der Waals surface area contributed by atoms with E-state index < -0.39 is 30.4 Å². The van der Waals surface area contributed by atoms with Gasteiger partial charge in [-0.2, -0.15) is 0 Å². The van der Waals surface area contributed by atoms with Crippen LogP contribution in [0.4, 0.5) is 5.82 Å². The van der Waals surface area contributed by atoms with Gasteiger partial charge in [-0.25, -0.2) is 15.0 Å². The van der Waals surface area contributed by atoms with Crippen molar-refractivity contribution in [2.75, 3.05) is 5.73 Å². The standard InChI is InChI=1S/C13H18N6O4/c14-7(20)3-1-2-6-9(21)10(22)13(23-6)19-5-18-8-11(15)16-4-17-12(8)19/h4-6,9-10,13,21-22H,1-3H2,(H2,14,20)(H2,15,16,17). The normalized spacial score (nSPS) is 27.6. The van der Waals surface area contributed by atoms with Crippen LogP contribution in [0.1, 0.15) is 25.5 Å². The Hall–Kier alpha value is -2.30. The van der Waals surface area contributed by atoms with E-state index in [1.165, 1.54) is 17.2 Å². The molecule has 4 unspecified atom stereocenters. The first kappa shape index (κ1) is 15.6. The third-order valence-corrected chi connectivity index (χ3v) is 3.91. The lowest BCUT2D eigenvalue weighted by Crippen LogP contribution is -2.31. The molecule has 10 heteroatoms. The molecule has 2 aromatic heterocycles. The zero-order chi connectivity index (χ0) is 16.6. The second-order valence-electron chi connectivity index (χ2n) is 5.49. The Labute approximate surface area is 131 Å². The average Bonchev–Trinajstić information content (AvgIpc) is 3.04. The van der Waals surface area contributed by atoms with Gasteiger partial charge in [0.15, 0.2) is 17.7 Å². The molecular weight excluding hydrogens is 304 g/mol. The van der Waals surface area contributed by atoms with Crippen LogP contribution in [0.2, 0.25) is 0 Å². The maximum absolute atomic E-state index is 10.8. The van der Waals surface area contributed by atoms with Gasteiger partial charge in [-0.1, -0.05) is 0 Å². The van der Waals surface area contributed by atoms with Crippen molar-refractivity contribution in [1.82, 2.24) is 19.5 Å². The summed E-state index contributed by atoms with van der Waals surface area (Å²) in [7, 11) is 0. The number of anilines is 1. The predicted molar refractivity (Wildman–Crippen MR) is 78.7 cm³/mol. The molecule has 0 bridgehead atoms. The molecule has 1 saturated heterocycles. The van der Waals surface area contributed by atoms with Gasteiger partial charge < -0.3 is 26.4 Å². The third-order valence-electron chi connectivity index (χ3n) is 3.91. The van der Waals surface area contributed by atoms with Crippen LogP contribution in [-0.4, -0.2) is 54.0 Å². The number of fused-ring (bicyclic) bond motifs is 1. The molecule has 3 heterocycles. The van der Waals surface area contributed by atoms with Crippen LogP contribution < -0.4 is 11.5 Å². The molecule has 4 atom stereocenters. The minimum Gasteiger partial charge on any atom is -0.388 e. The van der Waals surface area contributed by atoms with Crippen molar-refractivity contribution in [3.8, 4) is 0 Å². The zero-order valence-electron chi connectivity index (χ0n) is 12.2.